The van der Waals surface area contributed by atoms with Gasteiger partial charge in [0.2, 0.25) is 0 Å². The van der Waals surface area contributed by atoms with Gasteiger partial charge in [-0.2, -0.15) is 8.78 Å². The third kappa shape index (κ3) is 3.92. The molecule has 2 aromatic heterocycles. The maximum atomic E-state index is 12.1. The topological polar surface area (TPSA) is 47.0 Å². The lowest BCUT2D eigenvalue weighted by Crippen LogP contribution is -2.05. The molecule has 3 aromatic rings. The molecule has 0 amide bonds. The number of rotatable bonds is 5. The van der Waals surface area contributed by atoms with Gasteiger partial charge in [0, 0.05) is 21.7 Å². The third-order valence-electron chi connectivity index (χ3n) is 3.19. The molecule has 0 radical (unpaired) electrons. The molecule has 0 saturated carbocycles. The van der Waals surface area contributed by atoms with E-state index < -0.39 is 6.61 Å². The van der Waals surface area contributed by atoms with Gasteiger partial charge in [0.25, 0.3) is 0 Å². The maximum Gasteiger partial charge on any atom is 0.387 e. The van der Waals surface area contributed by atoms with E-state index in [0.717, 1.165) is 21.1 Å². The first kappa shape index (κ1) is 15.6. The van der Waals surface area contributed by atoms with E-state index in [1.807, 2.05) is 24.3 Å². The van der Waals surface area contributed by atoms with E-state index in [1.54, 1.807) is 12.3 Å². The molecule has 2 heterocycles. The molecule has 4 nitrogen and oxygen atoms in total. The standard InChI is InChI=1S/C16H12BrF2N3O/c17-10-1-4-14-13(7-10)15(5-6-20-14)22-8-11-2-3-12(9-21-11)23-16(18)19/h1-7,9,16H,8H2,(H,20,22). The fourth-order valence-electron chi connectivity index (χ4n) is 2.15. The number of benzene rings is 1. The van der Waals surface area contributed by atoms with E-state index in [9.17, 15) is 8.78 Å². The van der Waals surface area contributed by atoms with Gasteiger partial charge < -0.3 is 10.1 Å². The van der Waals surface area contributed by atoms with Gasteiger partial charge in [-0.1, -0.05) is 15.9 Å². The Labute approximate surface area is 139 Å². The second-order valence-electron chi connectivity index (χ2n) is 4.74. The Kier molecular flexibility index (Phi) is 4.66. The Hall–Kier alpha value is -2.28. The Bertz CT molecular complexity index is 812. The second kappa shape index (κ2) is 6.87. The van der Waals surface area contributed by atoms with Crippen molar-refractivity contribution in [3.8, 4) is 5.75 Å². The second-order valence-corrected chi connectivity index (χ2v) is 5.65. The van der Waals surface area contributed by atoms with Gasteiger partial charge in [-0.15, -0.1) is 0 Å². The monoisotopic (exact) mass is 379 g/mol. The quantitative estimate of drug-likeness (QED) is 0.703. The summed E-state index contributed by atoms with van der Waals surface area (Å²) in [4.78, 5) is 8.41. The first-order valence-corrected chi connectivity index (χ1v) is 7.59. The van der Waals surface area contributed by atoms with Crippen molar-refractivity contribution >= 4 is 32.5 Å². The average Bonchev–Trinajstić information content (AvgIpc) is 2.53. The molecule has 1 aromatic carbocycles. The Balaban J connectivity index is 1.74. The van der Waals surface area contributed by atoms with E-state index >= 15 is 0 Å². The van der Waals surface area contributed by atoms with Crippen LogP contribution in [0.3, 0.4) is 0 Å². The van der Waals surface area contributed by atoms with E-state index in [1.165, 1.54) is 12.3 Å². The van der Waals surface area contributed by atoms with Crippen molar-refractivity contribution in [2.45, 2.75) is 13.2 Å². The lowest BCUT2D eigenvalue weighted by atomic mass is 10.2. The number of nitrogens with one attached hydrogen (secondary N) is 1. The smallest absolute Gasteiger partial charge is 0.387 e. The van der Waals surface area contributed by atoms with E-state index in [4.69, 9.17) is 0 Å². The van der Waals surface area contributed by atoms with Crippen LogP contribution in [0, 0.1) is 0 Å². The molecule has 0 fully saturated rings. The molecule has 23 heavy (non-hydrogen) atoms. The van der Waals surface area contributed by atoms with Gasteiger partial charge in [0.15, 0.2) is 0 Å². The number of hydrogen-bond donors (Lipinski definition) is 1. The fraction of sp³-hybridized carbons (Fsp3) is 0.125. The summed E-state index contributed by atoms with van der Waals surface area (Å²) in [5.74, 6) is 0.0436. The Morgan fingerprint density at radius 1 is 1.13 bits per heavy atom. The first-order valence-electron chi connectivity index (χ1n) is 6.80. The zero-order valence-electron chi connectivity index (χ0n) is 11.8. The van der Waals surface area contributed by atoms with Crippen LogP contribution in [0.5, 0.6) is 5.75 Å². The highest BCUT2D eigenvalue weighted by Gasteiger charge is 2.06. The zero-order valence-corrected chi connectivity index (χ0v) is 13.4. The molecule has 0 aliphatic rings. The van der Waals surface area contributed by atoms with Crippen LogP contribution < -0.4 is 10.1 Å². The summed E-state index contributed by atoms with van der Waals surface area (Å²) in [6.45, 7) is -2.39. The lowest BCUT2D eigenvalue weighted by Gasteiger charge is -2.10. The van der Waals surface area contributed by atoms with Crippen LogP contribution in [0.4, 0.5) is 14.5 Å². The third-order valence-corrected chi connectivity index (χ3v) is 3.68. The summed E-state index contributed by atoms with van der Waals surface area (Å²) in [6.07, 6.45) is 3.01. The molecule has 1 N–H and O–H groups in total. The van der Waals surface area contributed by atoms with Gasteiger partial charge >= 0.3 is 6.61 Å². The normalized spacial score (nSPS) is 11.0. The van der Waals surface area contributed by atoms with Crippen molar-refractivity contribution < 1.29 is 13.5 Å². The summed E-state index contributed by atoms with van der Waals surface area (Å²) in [5.41, 5.74) is 2.52. The highest BCUT2D eigenvalue weighted by atomic mass is 79.9. The molecule has 0 atom stereocenters. The van der Waals surface area contributed by atoms with Crippen molar-refractivity contribution in [2.75, 3.05) is 5.32 Å². The van der Waals surface area contributed by atoms with Crippen molar-refractivity contribution in [3.05, 3.63) is 59.0 Å². The Morgan fingerprint density at radius 3 is 2.74 bits per heavy atom. The summed E-state index contributed by atoms with van der Waals surface area (Å²) in [5, 5.41) is 4.26. The predicted octanol–water partition coefficient (Wildman–Crippen LogP) is 4.61. The number of aromatic nitrogens is 2. The van der Waals surface area contributed by atoms with E-state index in [0.29, 0.717) is 12.2 Å². The molecular weight excluding hydrogens is 368 g/mol. The molecule has 0 spiro atoms. The zero-order chi connectivity index (χ0) is 16.2. The fourth-order valence-corrected chi connectivity index (χ4v) is 2.51. The number of nitrogens with zero attached hydrogens (tertiary/aromatic N) is 2. The molecule has 7 heteroatoms. The van der Waals surface area contributed by atoms with Gasteiger partial charge in [-0.25, -0.2) is 0 Å². The van der Waals surface area contributed by atoms with Gasteiger partial charge in [0.1, 0.15) is 5.75 Å². The summed E-state index contributed by atoms with van der Waals surface area (Å²) < 4.78 is 29.4. The van der Waals surface area contributed by atoms with Crippen molar-refractivity contribution in [1.29, 1.82) is 0 Å². The number of pyridine rings is 2. The number of halogens is 3. The minimum absolute atomic E-state index is 0.0436. The maximum absolute atomic E-state index is 12.1. The number of anilines is 1. The molecule has 0 aliphatic heterocycles. The summed E-state index contributed by atoms with van der Waals surface area (Å²) in [6, 6.07) is 10.8. The van der Waals surface area contributed by atoms with E-state index in [-0.39, 0.29) is 5.75 Å². The molecule has 0 aliphatic carbocycles. The summed E-state index contributed by atoms with van der Waals surface area (Å²) in [7, 11) is 0. The summed E-state index contributed by atoms with van der Waals surface area (Å²) >= 11 is 3.45. The number of fused-ring (bicyclic) bond motifs is 1. The SMILES string of the molecule is FC(F)Oc1ccc(CNc2ccnc3ccc(Br)cc23)nc1. The molecule has 118 valence electrons. The first-order chi connectivity index (χ1) is 11.1. The number of alkyl halides is 2. The minimum atomic E-state index is -2.84. The number of hydrogen-bond acceptors (Lipinski definition) is 4. The highest BCUT2D eigenvalue weighted by Crippen LogP contribution is 2.25. The van der Waals surface area contributed by atoms with Gasteiger partial charge in [-0.3, -0.25) is 9.97 Å². The van der Waals surface area contributed by atoms with Crippen LogP contribution in [-0.2, 0) is 6.54 Å². The van der Waals surface area contributed by atoms with Gasteiger partial charge in [-0.05, 0) is 36.4 Å². The van der Waals surface area contributed by atoms with Crippen LogP contribution in [-0.4, -0.2) is 16.6 Å². The Morgan fingerprint density at radius 2 is 2.00 bits per heavy atom. The minimum Gasteiger partial charge on any atom is -0.433 e. The highest BCUT2D eigenvalue weighted by molar-refractivity contribution is 9.10. The van der Waals surface area contributed by atoms with Crippen LogP contribution in [0.25, 0.3) is 10.9 Å². The molecule has 3 rings (SSSR count). The van der Waals surface area contributed by atoms with Crippen LogP contribution >= 0.6 is 15.9 Å². The van der Waals surface area contributed by atoms with Crippen LogP contribution in [0.2, 0.25) is 0 Å². The van der Waals surface area contributed by atoms with Crippen LogP contribution in [0.1, 0.15) is 5.69 Å². The molecular formula is C16H12BrF2N3O. The molecule has 0 bridgehead atoms. The largest absolute Gasteiger partial charge is 0.433 e. The van der Waals surface area contributed by atoms with Crippen LogP contribution in [0.15, 0.2) is 53.3 Å². The number of ether oxygens (including phenoxy) is 1. The van der Waals surface area contributed by atoms with Crippen molar-refractivity contribution in [1.82, 2.24) is 9.97 Å². The average molecular weight is 380 g/mol. The molecule has 0 unspecified atom stereocenters. The van der Waals surface area contributed by atoms with Gasteiger partial charge in [0.05, 0.1) is 24.0 Å². The predicted molar refractivity (Wildman–Crippen MR) is 87.6 cm³/mol. The van der Waals surface area contributed by atoms with E-state index in [2.05, 4.69) is 36.0 Å². The van der Waals surface area contributed by atoms with Crippen molar-refractivity contribution in [3.63, 3.8) is 0 Å². The molecule has 0 saturated heterocycles. The van der Waals surface area contributed by atoms with Crippen molar-refractivity contribution in [2.24, 2.45) is 0 Å². The lowest BCUT2D eigenvalue weighted by molar-refractivity contribution is -0.0500.